The van der Waals surface area contributed by atoms with Crippen molar-refractivity contribution in [2.45, 2.75) is 0 Å². The molecule has 6 N–H and O–H groups in total. The van der Waals surface area contributed by atoms with E-state index in [4.69, 9.17) is 30.3 Å². The molecule has 0 saturated heterocycles. The molecule has 0 aromatic rings. The van der Waals surface area contributed by atoms with Crippen molar-refractivity contribution in [3.63, 3.8) is 0 Å². The van der Waals surface area contributed by atoms with Gasteiger partial charge in [-0.25, -0.2) is 0 Å². The van der Waals surface area contributed by atoms with Crippen molar-refractivity contribution in [3.05, 3.63) is 0 Å². The van der Waals surface area contributed by atoms with Crippen molar-refractivity contribution in [1.82, 2.24) is 0 Å². The molecule has 86 valence electrons. The van der Waals surface area contributed by atoms with Crippen LogP contribution in [-0.2, 0) is 9.31 Å². The first-order valence-electron chi connectivity index (χ1n) is 3.71. The van der Waals surface area contributed by atoms with E-state index in [2.05, 4.69) is 9.31 Å². The standard InChI is InChI=1S/C2H8B2O6.C2H6O2.Na.H/c5-3(6)9-1-2-10-4(7)8;3-1-2-4;;/h5-8H,1-2H2;3-4H,1-2H2;;. The summed E-state index contributed by atoms with van der Waals surface area (Å²) < 4.78 is 8.31. The van der Waals surface area contributed by atoms with Crippen LogP contribution in [0.1, 0.15) is 0 Å². The van der Waals surface area contributed by atoms with Crippen LogP contribution < -0.4 is 0 Å². The molecule has 0 saturated carbocycles. The van der Waals surface area contributed by atoms with E-state index in [1.807, 2.05) is 0 Å². The summed E-state index contributed by atoms with van der Waals surface area (Å²) in [6, 6.07) is 0. The summed E-state index contributed by atoms with van der Waals surface area (Å²) in [5, 5.41) is 47.5. The summed E-state index contributed by atoms with van der Waals surface area (Å²) in [6.45, 7) is -0.482. The van der Waals surface area contributed by atoms with Crippen LogP contribution in [0.3, 0.4) is 0 Å². The maximum absolute atomic E-state index is 8.07. The Morgan fingerprint density at radius 3 is 1.13 bits per heavy atom. The van der Waals surface area contributed by atoms with Gasteiger partial charge >= 0.3 is 44.2 Å². The van der Waals surface area contributed by atoms with E-state index in [1.54, 1.807) is 0 Å². The molecular formula is C4H15B2NaO8. The van der Waals surface area contributed by atoms with Crippen LogP contribution in [0.2, 0.25) is 0 Å². The van der Waals surface area contributed by atoms with Gasteiger partial charge in [-0.2, -0.15) is 0 Å². The second kappa shape index (κ2) is 17.2. The zero-order valence-corrected chi connectivity index (χ0v) is 7.48. The molecule has 0 heterocycles. The van der Waals surface area contributed by atoms with Crippen LogP contribution in [0, 0.1) is 0 Å². The molecule has 0 unspecified atom stereocenters. The van der Waals surface area contributed by atoms with Crippen LogP contribution in [0.5, 0.6) is 0 Å². The Hall–Kier alpha value is 0.810. The molecule has 0 radical (unpaired) electrons. The van der Waals surface area contributed by atoms with Gasteiger partial charge in [0.2, 0.25) is 0 Å². The van der Waals surface area contributed by atoms with Crippen LogP contribution in [0.15, 0.2) is 0 Å². The quantitative estimate of drug-likeness (QED) is 0.199. The van der Waals surface area contributed by atoms with Gasteiger partial charge in [0.05, 0.1) is 26.4 Å². The number of hydrogen-bond donors (Lipinski definition) is 6. The van der Waals surface area contributed by atoms with Gasteiger partial charge in [-0.1, -0.05) is 0 Å². The van der Waals surface area contributed by atoms with Crippen molar-refractivity contribution in [3.8, 4) is 0 Å². The number of rotatable bonds is 6. The fourth-order valence-corrected chi connectivity index (χ4v) is 0.307. The first-order valence-corrected chi connectivity index (χ1v) is 3.71. The second-order valence-electron chi connectivity index (χ2n) is 1.84. The second-order valence-corrected chi connectivity index (χ2v) is 1.84. The van der Waals surface area contributed by atoms with Gasteiger partial charge in [0.15, 0.2) is 0 Å². The van der Waals surface area contributed by atoms with Gasteiger partial charge in [0.25, 0.3) is 0 Å². The minimum absolute atomic E-state index is 0. The molecule has 0 rings (SSSR count). The van der Waals surface area contributed by atoms with Gasteiger partial charge in [0, 0.05) is 0 Å². The summed E-state index contributed by atoms with van der Waals surface area (Å²) in [5.74, 6) is 0. The fourth-order valence-electron chi connectivity index (χ4n) is 0.307. The Labute approximate surface area is 110 Å². The molecule has 0 aliphatic heterocycles. The third-order valence-electron chi connectivity index (χ3n) is 0.717. The number of aliphatic hydroxyl groups excluding tert-OH is 2. The molecular weight excluding hydrogens is 221 g/mol. The average molecular weight is 236 g/mol. The van der Waals surface area contributed by atoms with Gasteiger partial charge < -0.3 is 39.6 Å². The molecule has 0 fully saturated rings. The Morgan fingerprint density at radius 2 is 1.00 bits per heavy atom. The monoisotopic (exact) mass is 236 g/mol. The van der Waals surface area contributed by atoms with Gasteiger partial charge in [0.1, 0.15) is 0 Å². The molecule has 0 spiro atoms. The predicted molar refractivity (Wildman–Crippen MR) is 53.6 cm³/mol. The van der Waals surface area contributed by atoms with E-state index in [0.717, 1.165) is 0 Å². The summed E-state index contributed by atoms with van der Waals surface area (Å²) in [7, 11) is -3.70. The summed E-state index contributed by atoms with van der Waals surface area (Å²) in [6.07, 6.45) is 0. The first kappa shape index (κ1) is 21.1. The molecule has 0 aromatic carbocycles. The SMILES string of the molecule is OB(O)OCCOB(O)O.OCCO.[NaH]. The van der Waals surface area contributed by atoms with Crippen LogP contribution in [-0.4, -0.2) is 101 Å². The van der Waals surface area contributed by atoms with E-state index in [0.29, 0.717) is 0 Å². The van der Waals surface area contributed by atoms with Crippen molar-refractivity contribution >= 4 is 44.2 Å². The van der Waals surface area contributed by atoms with Gasteiger partial charge in [-0.15, -0.1) is 0 Å². The minimum atomic E-state index is -1.85. The number of hydrogen-bond acceptors (Lipinski definition) is 8. The van der Waals surface area contributed by atoms with Crippen LogP contribution in [0.4, 0.5) is 0 Å². The van der Waals surface area contributed by atoms with E-state index < -0.39 is 14.6 Å². The summed E-state index contributed by atoms with van der Waals surface area (Å²) in [4.78, 5) is 0. The van der Waals surface area contributed by atoms with E-state index in [9.17, 15) is 0 Å². The van der Waals surface area contributed by atoms with Crippen molar-refractivity contribution in [1.29, 1.82) is 0 Å². The maximum atomic E-state index is 8.07. The summed E-state index contributed by atoms with van der Waals surface area (Å²) >= 11 is 0. The van der Waals surface area contributed by atoms with Crippen LogP contribution in [0.25, 0.3) is 0 Å². The molecule has 0 aliphatic rings. The zero-order chi connectivity index (χ0) is 11.4. The van der Waals surface area contributed by atoms with Crippen LogP contribution >= 0.6 is 0 Å². The first-order chi connectivity index (χ1) is 6.54. The van der Waals surface area contributed by atoms with Gasteiger partial charge in [-0.3, -0.25) is 0 Å². The Kier molecular flexibility index (Phi) is 24.2. The fraction of sp³-hybridized carbons (Fsp3) is 1.00. The molecule has 11 heteroatoms. The Bertz CT molecular complexity index is 94.6. The average Bonchev–Trinajstić information content (AvgIpc) is 2.12. The third kappa shape index (κ3) is 31.3. The van der Waals surface area contributed by atoms with E-state index in [1.165, 1.54) is 0 Å². The summed E-state index contributed by atoms with van der Waals surface area (Å²) in [5.41, 5.74) is 0. The van der Waals surface area contributed by atoms with E-state index >= 15 is 0 Å². The zero-order valence-electron chi connectivity index (χ0n) is 7.48. The van der Waals surface area contributed by atoms with Crippen molar-refractivity contribution in [2.75, 3.05) is 26.4 Å². The Balaban J connectivity index is -0.000000249. The molecule has 0 atom stereocenters. The molecule has 8 nitrogen and oxygen atoms in total. The number of aliphatic hydroxyl groups is 2. The third-order valence-corrected chi connectivity index (χ3v) is 0.717. The van der Waals surface area contributed by atoms with Crippen molar-refractivity contribution in [2.24, 2.45) is 0 Å². The van der Waals surface area contributed by atoms with Gasteiger partial charge in [-0.05, 0) is 0 Å². The Morgan fingerprint density at radius 1 is 0.733 bits per heavy atom. The normalized spacial score (nSPS) is 8.40. The van der Waals surface area contributed by atoms with Crippen molar-refractivity contribution < 1.29 is 39.6 Å². The molecule has 0 aliphatic carbocycles. The van der Waals surface area contributed by atoms with E-state index in [-0.39, 0.29) is 56.0 Å². The molecule has 0 amide bonds. The molecule has 0 bridgehead atoms. The predicted octanol–water partition coefficient (Wildman–Crippen LogP) is -4.72. The topological polar surface area (TPSA) is 140 Å². The molecule has 15 heavy (non-hydrogen) atoms. The molecule has 0 aromatic heterocycles.